The van der Waals surface area contributed by atoms with E-state index >= 15 is 0 Å². The minimum atomic E-state index is -4.94. The van der Waals surface area contributed by atoms with Crippen LogP contribution >= 0.6 is 0 Å². The molecule has 0 amide bonds. The Morgan fingerprint density at radius 1 is 0.402 bits per heavy atom. The van der Waals surface area contributed by atoms with Gasteiger partial charge in [-0.2, -0.15) is 0 Å². The van der Waals surface area contributed by atoms with Crippen molar-refractivity contribution in [2.45, 2.75) is 79.0 Å². The SMILES string of the molecule is CO.CO.Cc1cc(C=Nc2ccccc2O)c([O-])c(CN(CC[O-])CCO)c1.Cc1cc(C=Nc2ccccc2O)c([O-])c(CN(CC[O-])CCO)c1.Cc1cc(C=Nc2ccccc2[O-])c([O-])c(C[NH+]([CH-]C(O)O)CC(O)O)c1.Cc1cc(C=Nc2ccccc2[O-])c([O-])c(C[NH+]([CH-]C(O)O)CC(O)O)c1.O.O.O=[N+]([O-])[O-].O=[N+]([O-])[O-].[Fe+3].[Fe+3].[O-][Cl+3]([O-])([O-])[O-].[O-][Cl+3]([O-])([O-])[O-].[Tb+3].[Tb+3]. The third kappa shape index (κ3) is 66.7. The first-order chi connectivity index (χ1) is 59.1. The number of halogens is 2. The molecule has 0 aromatic heterocycles. The first-order valence-electron chi connectivity index (χ1n) is 36.0. The monoisotopic (exact) mass is 2280 g/mol. The molecule has 0 spiro atoms. The Morgan fingerprint density at radius 3 is 0.841 bits per heavy atom. The number of aryl methyl sites for hydroxylation is 4. The number of hydrogen-bond acceptors (Lipinski definition) is 42. The topological polar surface area (TPSA) is 912 Å². The molecule has 8 rings (SSSR count). The van der Waals surface area contributed by atoms with Gasteiger partial charge >= 0.3 is 111 Å². The van der Waals surface area contributed by atoms with E-state index in [1.807, 2.05) is 13.8 Å². The molecule has 0 aliphatic rings. The molecule has 0 heterocycles. The molecule has 0 bridgehead atoms. The van der Waals surface area contributed by atoms with Crippen LogP contribution in [0.4, 0.5) is 22.7 Å². The summed E-state index contributed by atoms with van der Waals surface area (Å²) in [5.74, 6) is -1.43. The Labute approximate surface area is 843 Å². The molecular formula is C78H100Cl2Fe2N10O38Tb2. The van der Waals surface area contributed by atoms with E-state index in [9.17, 15) is 51.1 Å². The van der Waals surface area contributed by atoms with Gasteiger partial charge < -0.3 is 164 Å². The van der Waals surface area contributed by atoms with E-state index in [1.165, 1.54) is 49.1 Å². The minimum absolute atomic E-state index is 0. The average Bonchev–Trinajstić information content (AvgIpc) is 0.842. The smallest absolute Gasteiger partial charge is 0.872 e. The summed E-state index contributed by atoms with van der Waals surface area (Å²) < 4.78 is 67.9. The van der Waals surface area contributed by atoms with Crippen LogP contribution in [0.2, 0.25) is 0 Å². The molecule has 54 heteroatoms. The van der Waals surface area contributed by atoms with Crippen molar-refractivity contribution in [3.05, 3.63) is 256 Å². The van der Waals surface area contributed by atoms with Gasteiger partial charge in [0.15, 0.2) is 12.6 Å². The molecule has 8 aromatic rings. The minimum Gasteiger partial charge on any atom is -0.872 e. The summed E-state index contributed by atoms with van der Waals surface area (Å²) >= 11 is 0. The van der Waals surface area contributed by atoms with Crippen LogP contribution in [0.1, 0.15) is 66.8 Å². The summed E-state index contributed by atoms with van der Waals surface area (Å²) in [4.78, 5) is 37.2. The van der Waals surface area contributed by atoms with Crippen LogP contribution in [0.3, 0.4) is 0 Å². The van der Waals surface area contributed by atoms with Crippen molar-refractivity contribution < 1.29 is 312 Å². The Kier molecular flexibility index (Phi) is 82.0. The molecule has 2 radical (unpaired) electrons. The molecule has 0 fully saturated rings. The number of aliphatic hydroxyl groups excluding tert-OH is 8. The fourth-order valence-corrected chi connectivity index (χ4v) is 10.6. The van der Waals surface area contributed by atoms with Crippen molar-refractivity contribution in [3.63, 3.8) is 0 Å². The van der Waals surface area contributed by atoms with E-state index in [0.29, 0.717) is 80.7 Å². The molecule has 0 aliphatic carbocycles. The number of phenols is 2. The van der Waals surface area contributed by atoms with Crippen LogP contribution in [-0.4, -0.2) is 232 Å². The summed E-state index contributed by atoms with van der Waals surface area (Å²) in [5.41, 5.74) is 7.76. The quantitative estimate of drug-likeness (QED) is 0.00465. The molecule has 0 aliphatic heterocycles. The number of aliphatic hydroxyl groups is 12. The molecule has 8 aromatic carbocycles. The first kappa shape index (κ1) is 140. The Hall–Kier alpha value is -7.69. The second-order valence-electron chi connectivity index (χ2n) is 25.1. The molecule has 738 valence electrons. The van der Waals surface area contributed by atoms with Gasteiger partial charge in [0, 0.05) is 65.3 Å². The summed E-state index contributed by atoms with van der Waals surface area (Å²) in [7, 11) is -7.89. The predicted octanol–water partition coefficient (Wildman–Crippen LogP) is -14.9. The largest absolute Gasteiger partial charge is 3.00 e. The van der Waals surface area contributed by atoms with Crippen LogP contribution < -0.4 is 87.9 Å². The van der Waals surface area contributed by atoms with Gasteiger partial charge in [-0.1, -0.05) is 179 Å². The molecule has 48 nitrogen and oxygen atoms in total. The van der Waals surface area contributed by atoms with Crippen molar-refractivity contribution in [1.29, 1.82) is 0 Å². The Balaban J connectivity index is -0.000000237. The van der Waals surface area contributed by atoms with Gasteiger partial charge in [-0.15, -0.1) is 33.7 Å². The maximum absolute atomic E-state index is 12.7. The van der Waals surface area contributed by atoms with Gasteiger partial charge in [-0.25, -0.2) is 37.3 Å². The van der Waals surface area contributed by atoms with Gasteiger partial charge in [-0.05, 0) is 122 Å². The van der Waals surface area contributed by atoms with E-state index < -0.39 is 55.8 Å². The van der Waals surface area contributed by atoms with E-state index in [0.717, 1.165) is 49.6 Å². The zero-order valence-electron chi connectivity index (χ0n) is 70.5. The number of benzene rings is 8. The van der Waals surface area contributed by atoms with E-state index in [2.05, 4.69) is 20.0 Å². The Bertz CT molecular complexity index is 4260. The van der Waals surface area contributed by atoms with E-state index in [4.69, 9.17) is 129 Å². The number of para-hydroxylation sites is 8. The molecule has 0 saturated carbocycles. The van der Waals surface area contributed by atoms with Crippen LogP contribution in [0.5, 0.6) is 46.0 Å². The zero-order valence-corrected chi connectivity index (χ0v) is 78.5. The summed E-state index contributed by atoms with van der Waals surface area (Å²) in [5, 5.41) is 250. The van der Waals surface area contributed by atoms with Crippen LogP contribution in [0.25, 0.3) is 0 Å². The maximum atomic E-state index is 12.7. The Morgan fingerprint density at radius 2 is 0.621 bits per heavy atom. The average molecular weight is 2290 g/mol. The summed E-state index contributed by atoms with van der Waals surface area (Å²) in [6, 6.07) is 39.3. The number of phenolic OH excluding ortho intramolecular Hbond substituents is 2. The standard InChI is InChI=1S/2C19H24N2O6.2C19H23N2O4.2CH4O.2ClHO4.2Fe.2NO3.2H2O.2Tb/c2*1-12-6-13(8-20-15-4-2-3-5-16(15)22)19(27)14(7-12)9-21(10-17(23)24)11-18(25)26;2*1-14-10-15(12-20-17-4-2-3-5-18(17)24)19(25)16(11-14)13-21(6-8-22)7-9-23;2*1-2;2*2-1(3,4)5;;;2*2-1(3)4;;;;/h2*2-8,10,17-18,21-27H,9,11H2,1H3;2*2-5,10-12,22,24-25H,6-9,13H2,1H3;2*2H,1H3;2*(H,2,3,4,5);;;;;2*1H2;;/q;;2*-1;;;;;2*+3;2*-1;;;2*+3/p-8. The molecule has 2 atom stereocenters. The fourth-order valence-electron chi connectivity index (χ4n) is 10.6. The third-order valence-electron chi connectivity index (χ3n) is 15.2. The number of rotatable bonds is 32. The molecular weight excluding hydrogens is 2190 g/mol. The van der Waals surface area contributed by atoms with Gasteiger partial charge in [-0.3, -0.25) is 29.8 Å². The second kappa shape index (κ2) is 77.5. The predicted molar refractivity (Wildman–Crippen MR) is 419 cm³/mol. The van der Waals surface area contributed by atoms with Crippen LogP contribution in [0.15, 0.2) is 166 Å². The molecule has 2 unspecified atom stereocenters. The molecule has 132 heavy (non-hydrogen) atoms. The molecule has 20 N–H and O–H groups in total. The van der Waals surface area contributed by atoms with Crippen LogP contribution in [0, 0.1) is 169 Å². The van der Waals surface area contributed by atoms with Gasteiger partial charge in [0.2, 0.25) is 0 Å². The number of aliphatic imine (C=N–C) groups is 4. The first-order valence-corrected chi connectivity index (χ1v) is 38.4. The number of hydrogen-bond donors (Lipinski definition) is 16. The maximum Gasteiger partial charge on any atom is 3.00 e. The van der Waals surface area contributed by atoms with Crippen molar-refractivity contribution >= 4 is 47.6 Å². The van der Waals surface area contributed by atoms with Gasteiger partial charge in [0.25, 0.3) is 0 Å². The number of quaternary nitrogens is 2. The normalized spacial score (nSPS) is 11.0. The van der Waals surface area contributed by atoms with Crippen molar-refractivity contribution in [2.75, 3.05) is 79.9 Å². The van der Waals surface area contributed by atoms with E-state index in [1.54, 1.807) is 145 Å². The summed E-state index contributed by atoms with van der Waals surface area (Å²) in [6.07, 6.45) is -1.37. The van der Waals surface area contributed by atoms with Crippen molar-refractivity contribution in [2.24, 2.45) is 20.0 Å². The van der Waals surface area contributed by atoms with Crippen LogP contribution in [-0.2, 0) is 60.3 Å². The number of aromatic hydroxyl groups is 2. The number of nitrogens with zero attached hydrogens (tertiary/aromatic N) is 8. The van der Waals surface area contributed by atoms with Crippen molar-refractivity contribution in [3.8, 4) is 46.0 Å². The zero-order chi connectivity index (χ0) is 96.6. The second-order valence-corrected chi connectivity index (χ2v) is 26.6. The fraction of sp³-hybridized carbons (Fsp3) is 0.308. The van der Waals surface area contributed by atoms with Crippen molar-refractivity contribution in [1.82, 2.24) is 9.80 Å². The third-order valence-corrected chi connectivity index (χ3v) is 15.2. The summed E-state index contributed by atoms with van der Waals surface area (Å²) in [6.45, 7) is 10.2. The van der Waals surface area contributed by atoms with Gasteiger partial charge in [0.05, 0.1) is 60.4 Å². The number of nitrogens with one attached hydrogen (secondary N) is 2. The molecule has 0 saturated heterocycles. The van der Waals surface area contributed by atoms with E-state index in [-0.39, 0.29) is 257 Å². The van der Waals surface area contributed by atoms with Gasteiger partial charge in [0.1, 0.15) is 36.0 Å².